The van der Waals surface area contributed by atoms with E-state index in [4.69, 9.17) is 9.82 Å². The van der Waals surface area contributed by atoms with Crippen molar-refractivity contribution in [1.82, 2.24) is 19.8 Å². The van der Waals surface area contributed by atoms with E-state index >= 15 is 0 Å². The van der Waals surface area contributed by atoms with Crippen LogP contribution in [-0.4, -0.2) is 40.8 Å². The number of imidazole rings is 1. The van der Waals surface area contributed by atoms with Gasteiger partial charge in [-0.1, -0.05) is 12.0 Å². The first-order chi connectivity index (χ1) is 13.9. The van der Waals surface area contributed by atoms with E-state index in [1.54, 1.807) is 12.1 Å². The molecule has 1 aromatic carbocycles. The maximum absolute atomic E-state index is 13.2. The minimum absolute atomic E-state index is 0.289. The molecule has 2 aromatic heterocycles. The van der Waals surface area contributed by atoms with Gasteiger partial charge in [0.2, 0.25) is 5.91 Å². The molecule has 0 aliphatic rings. The summed E-state index contributed by atoms with van der Waals surface area (Å²) in [6, 6.07) is 11.7. The van der Waals surface area contributed by atoms with Gasteiger partial charge in [-0.2, -0.15) is 0 Å². The number of hydroxylamine groups is 1. The third-order valence-electron chi connectivity index (χ3n) is 4.21. The zero-order chi connectivity index (χ0) is 20.8. The van der Waals surface area contributed by atoms with Gasteiger partial charge in [0.25, 0.3) is 0 Å². The number of nitrogens with zero attached hydrogens (tertiary/aromatic N) is 3. The highest BCUT2D eigenvalue weighted by Gasteiger charge is 2.22. The van der Waals surface area contributed by atoms with E-state index in [1.165, 1.54) is 19.1 Å². The van der Waals surface area contributed by atoms with Gasteiger partial charge in [-0.05, 0) is 62.8 Å². The van der Waals surface area contributed by atoms with Crippen molar-refractivity contribution < 1.29 is 14.0 Å². The van der Waals surface area contributed by atoms with Crippen LogP contribution in [0.4, 0.5) is 4.39 Å². The molecule has 0 saturated carbocycles. The molecule has 1 amide bonds. The number of carbonyl (C=O) groups is 1. The van der Waals surface area contributed by atoms with Crippen molar-refractivity contribution in [2.75, 3.05) is 20.6 Å². The summed E-state index contributed by atoms with van der Waals surface area (Å²) < 4.78 is 15.0. The highest BCUT2D eigenvalue weighted by Crippen LogP contribution is 2.24. The lowest BCUT2D eigenvalue weighted by atomic mass is 10.1. The Labute approximate surface area is 169 Å². The van der Waals surface area contributed by atoms with Gasteiger partial charge in [0.15, 0.2) is 0 Å². The monoisotopic (exact) mass is 394 g/mol. The molecule has 0 fully saturated rings. The molecule has 3 aromatic rings. The molecule has 29 heavy (non-hydrogen) atoms. The van der Waals surface area contributed by atoms with Crippen molar-refractivity contribution in [3.8, 4) is 11.8 Å². The molecule has 150 valence electrons. The maximum atomic E-state index is 13.2. The Morgan fingerprint density at radius 3 is 2.69 bits per heavy atom. The summed E-state index contributed by atoms with van der Waals surface area (Å²) in [6.45, 7) is 2.13. The van der Waals surface area contributed by atoms with Crippen molar-refractivity contribution in [3.63, 3.8) is 0 Å². The Balaban J connectivity index is 2.03. The number of fused-ring (bicyclic) bond motifs is 1. The van der Waals surface area contributed by atoms with Crippen molar-refractivity contribution in [3.05, 3.63) is 71.4 Å². The molecule has 6 nitrogen and oxygen atoms in total. The third-order valence-corrected chi connectivity index (χ3v) is 4.21. The second-order valence-electron chi connectivity index (χ2n) is 6.89. The quantitative estimate of drug-likeness (QED) is 0.516. The van der Waals surface area contributed by atoms with Crippen LogP contribution < -0.4 is 5.48 Å². The highest BCUT2D eigenvalue weighted by atomic mass is 19.1. The number of halogens is 1. The van der Waals surface area contributed by atoms with Crippen molar-refractivity contribution in [2.24, 2.45) is 0 Å². The van der Waals surface area contributed by atoms with Gasteiger partial charge in [-0.15, -0.1) is 0 Å². The molecule has 0 aliphatic heterocycles. The van der Waals surface area contributed by atoms with Crippen LogP contribution >= 0.6 is 0 Å². The van der Waals surface area contributed by atoms with Gasteiger partial charge >= 0.3 is 0 Å². The number of carbonyl (C=O) groups excluding carboxylic acids is 1. The molecule has 0 saturated heterocycles. The maximum Gasteiger partial charge on any atom is 0.240 e. The number of amides is 1. The van der Waals surface area contributed by atoms with Crippen LogP contribution in [0, 0.1) is 17.7 Å². The fraction of sp³-hybridized carbons (Fsp3) is 0.273. The Morgan fingerprint density at radius 2 is 2.00 bits per heavy atom. The van der Waals surface area contributed by atoms with Crippen LogP contribution in [0.2, 0.25) is 0 Å². The topological polar surface area (TPSA) is 58.9 Å². The van der Waals surface area contributed by atoms with Gasteiger partial charge in [-0.3, -0.25) is 14.0 Å². The van der Waals surface area contributed by atoms with Crippen LogP contribution in [-0.2, 0) is 9.63 Å². The lowest BCUT2D eigenvalue weighted by Gasteiger charge is -2.18. The number of rotatable bonds is 6. The minimum atomic E-state index is -0.473. The summed E-state index contributed by atoms with van der Waals surface area (Å²) in [5.41, 5.74) is 5.15. The molecule has 7 heteroatoms. The van der Waals surface area contributed by atoms with E-state index < -0.39 is 6.10 Å². The molecule has 1 unspecified atom stereocenters. The van der Waals surface area contributed by atoms with Crippen LogP contribution in [0.15, 0.2) is 48.7 Å². The molecule has 0 aliphatic carbocycles. The highest BCUT2D eigenvalue weighted by molar-refractivity contribution is 5.71. The van der Waals surface area contributed by atoms with Gasteiger partial charge in [0, 0.05) is 25.2 Å². The zero-order valence-corrected chi connectivity index (χ0v) is 16.6. The molecule has 1 N–H and O–H groups in total. The van der Waals surface area contributed by atoms with Gasteiger partial charge in [0.05, 0.1) is 0 Å². The van der Waals surface area contributed by atoms with Crippen LogP contribution in [0.5, 0.6) is 0 Å². The normalized spacial score (nSPS) is 11.9. The molecule has 0 radical (unpaired) electrons. The van der Waals surface area contributed by atoms with Crippen LogP contribution in [0.1, 0.15) is 36.4 Å². The van der Waals surface area contributed by atoms with E-state index in [-0.39, 0.29) is 11.7 Å². The summed E-state index contributed by atoms with van der Waals surface area (Å²) >= 11 is 0. The lowest BCUT2D eigenvalue weighted by molar-refractivity contribution is -0.137. The number of nitrogens with one attached hydrogen (secondary N) is 1. The van der Waals surface area contributed by atoms with Crippen molar-refractivity contribution in [2.45, 2.75) is 19.4 Å². The summed E-state index contributed by atoms with van der Waals surface area (Å²) in [6.07, 6.45) is 2.02. The smallest absolute Gasteiger partial charge is 0.240 e. The molecular formula is C22H23FN4O2. The number of benzene rings is 1. The first kappa shape index (κ1) is 20.5. The van der Waals surface area contributed by atoms with Gasteiger partial charge in [-0.25, -0.2) is 14.9 Å². The third kappa shape index (κ3) is 5.41. The van der Waals surface area contributed by atoms with Gasteiger partial charge < -0.3 is 4.90 Å². The fourth-order valence-electron chi connectivity index (χ4n) is 2.81. The second kappa shape index (κ2) is 9.32. The van der Waals surface area contributed by atoms with Crippen LogP contribution in [0.25, 0.3) is 5.65 Å². The molecule has 0 bridgehead atoms. The predicted octanol–water partition coefficient (Wildman–Crippen LogP) is 2.93. The van der Waals surface area contributed by atoms with E-state index in [9.17, 15) is 9.18 Å². The second-order valence-corrected chi connectivity index (χ2v) is 6.89. The Morgan fingerprint density at radius 1 is 1.24 bits per heavy atom. The Kier molecular flexibility index (Phi) is 6.60. The Bertz CT molecular complexity index is 1050. The van der Waals surface area contributed by atoms with E-state index in [0.717, 1.165) is 12.2 Å². The first-order valence-corrected chi connectivity index (χ1v) is 9.25. The van der Waals surface area contributed by atoms with E-state index in [0.29, 0.717) is 23.4 Å². The van der Waals surface area contributed by atoms with E-state index in [2.05, 4.69) is 17.3 Å². The SMILES string of the molecule is CC(=O)NOC(CCN(C)C)c1nc2ccccn2c1C#Cc1ccc(F)cc1. The Hall–Kier alpha value is -3.21. The van der Waals surface area contributed by atoms with Crippen molar-refractivity contribution >= 4 is 11.6 Å². The van der Waals surface area contributed by atoms with Crippen molar-refractivity contribution in [1.29, 1.82) is 0 Å². The number of hydrogen-bond donors (Lipinski definition) is 1. The number of aromatic nitrogens is 2. The predicted molar refractivity (Wildman–Crippen MR) is 108 cm³/mol. The summed E-state index contributed by atoms with van der Waals surface area (Å²) in [4.78, 5) is 23.8. The fourth-order valence-corrected chi connectivity index (χ4v) is 2.81. The zero-order valence-electron chi connectivity index (χ0n) is 16.6. The summed E-state index contributed by atoms with van der Waals surface area (Å²) in [5.74, 6) is 5.61. The van der Waals surface area contributed by atoms with E-state index in [1.807, 2.05) is 47.8 Å². The first-order valence-electron chi connectivity index (χ1n) is 9.25. The lowest BCUT2D eigenvalue weighted by Crippen LogP contribution is -2.26. The minimum Gasteiger partial charge on any atom is -0.309 e. The largest absolute Gasteiger partial charge is 0.309 e. The number of pyridine rings is 1. The average Bonchev–Trinajstić information content (AvgIpc) is 3.05. The standard InChI is InChI=1S/C22H23FN4O2/c1-16(28)25-29-20(13-15-26(2)3)22-19(27-14-5-4-6-21(27)24-22)12-9-17-7-10-18(23)11-8-17/h4-8,10-11,14,20H,13,15H2,1-3H3,(H,25,28). The number of hydrogen-bond acceptors (Lipinski definition) is 4. The summed E-state index contributed by atoms with van der Waals surface area (Å²) in [7, 11) is 3.93. The van der Waals surface area contributed by atoms with Gasteiger partial charge in [0.1, 0.15) is 29.0 Å². The molecule has 3 rings (SSSR count). The molecule has 0 spiro atoms. The molecule has 2 heterocycles. The average molecular weight is 394 g/mol. The van der Waals surface area contributed by atoms with Crippen LogP contribution in [0.3, 0.4) is 0 Å². The molecular weight excluding hydrogens is 371 g/mol. The molecule has 1 atom stereocenters. The summed E-state index contributed by atoms with van der Waals surface area (Å²) in [5, 5.41) is 0.